The van der Waals surface area contributed by atoms with Crippen LogP contribution in [-0.2, 0) is 11.3 Å². The molecular formula is C19H18FN3O3. The molecular weight excluding hydrogens is 337 g/mol. The third-order valence-corrected chi connectivity index (χ3v) is 3.48. The summed E-state index contributed by atoms with van der Waals surface area (Å²) in [6.45, 7) is 1.00. The molecule has 1 heterocycles. The van der Waals surface area contributed by atoms with Gasteiger partial charge in [0.2, 0.25) is 0 Å². The van der Waals surface area contributed by atoms with Crippen LogP contribution < -0.4 is 14.8 Å². The average molecular weight is 355 g/mol. The van der Waals surface area contributed by atoms with Gasteiger partial charge in [0.25, 0.3) is 5.91 Å². The highest BCUT2D eigenvalue weighted by molar-refractivity contribution is 5.92. The molecule has 0 saturated carbocycles. The van der Waals surface area contributed by atoms with E-state index in [0.29, 0.717) is 30.3 Å². The zero-order valence-corrected chi connectivity index (χ0v) is 14.0. The van der Waals surface area contributed by atoms with E-state index in [4.69, 9.17) is 9.47 Å². The maximum Gasteiger partial charge on any atom is 0.262 e. The van der Waals surface area contributed by atoms with Crippen LogP contribution in [0.25, 0.3) is 0 Å². The summed E-state index contributed by atoms with van der Waals surface area (Å²) in [7, 11) is 0. The minimum absolute atomic E-state index is 0.169. The lowest BCUT2D eigenvalue weighted by Gasteiger charge is -2.10. The van der Waals surface area contributed by atoms with Crippen molar-refractivity contribution in [3.63, 3.8) is 0 Å². The molecule has 0 aliphatic rings. The first kappa shape index (κ1) is 17.5. The molecule has 0 radical (unpaired) electrons. The fourth-order valence-corrected chi connectivity index (χ4v) is 2.23. The topological polar surface area (TPSA) is 65.4 Å². The smallest absolute Gasteiger partial charge is 0.262 e. The number of halogens is 1. The molecule has 0 aliphatic carbocycles. The lowest BCUT2D eigenvalue weighted by atomic mass is 10.3. The van der Waals surface area contributed by atoms with Gasteiger partial charge >= 0.3 is 0 Å². The number of ether oxygens (including phenoxy) is 2. The minimum Gasteiger partial charge on any atom is -0.492 e. The summed E-state index contributed by atoms with van der Waals surface area (Å²) in [5.41, 5.74) is 0.609. The van der Waals surface area contributed by atoms with Crippen LogP contribution in [0.4, 0.5) is 10.1 Å². The third kappa shape index (κ3) is 5.34. The van der Waals surface area contributed by atoms with Crippen LogP contribution in [0, 0.1) is 5.82 Å². The van der Waals surface area contributed by atoms with Crippen molar-refractivity contribution in [2.24, 2.45) is 0 Å². The molecule has 26 heavy (non-hydrogen) atoms. The van der Waals surface area contributed by atoms with E-state index in [9.17, 15) is 9.18 Å². The van der Waals surface area contributed by atoms with Gasteiger partial charge in [0.05, 0.1) is 12.9 Å². The van der Waals surface area contributed by atoms with Crippen molar-refractivity contribution in [1.82, 2.24) is 9.55 Å². The summed E-state index contributed by atoms with van der Waals surface area (Å²) in [4.78, 5) is 15.9. The zero-order chi connectivity index (χ0) is 18.2. The second kappa shape index (κ2) is 8.66. The lowest BCUT2D eigenvalue weighted by molar-refractivity contribution is -0.118. The normalized spacial score (nSPS) is 10.3. The van der Waals surface area contributed by atoms with Crippen molar-refractivity contribution in [2.45, 2.75) is 6.54 Å². The standard InChI is InChI=1S/C19H18FN3O3/c20-15-4-6-17(7-5-15)26-13-19(24)22-16-2-1-3-18(12-16)25-11-10-23-9-8-21-14-23/h1-9,12,14H,10-11,13H2,(H,22,24). The van der Waals surface area contributed by atoms with Crippen LogP contribution in [-0.4, -0.2) is 28.7 Å². The summed E-state index contributed by atoms with van der Waals surface area (Å²) in [6, 6.07) is 12.6. The molecule has 0 saturated heterocycles. The van der Waals surface area contributed by atoms with Gasteiger partial charge in [0.1, 0.15) is 23.9 Å². The molecule has 0 spiro atoms. The van der Waals surface area contributed by atoms with Gasteiger partial charge in [-0.15, -0.1) is 0 Å². The SMILES string of the molecule is O=C(COc1ccc(F)cc1)Nc1cccc(OCCn2ccnc2)c1. The van der Waals surface area contributed by atoms with Crippen LogP contribution >= 0.6 is 0 Å². The van der Waals surface area contributed by atoms with Gasteiger partial charge in [-0.3, -0.25) is 4.79 Å². The minimum atomic E-state index is -0.355. The number of anilines is 1. The number of nitrogens with one attached hydrogen (secondary N) is 1. The molecule has 0 bridgehead atoms. The molecule has 1 amide bonds. The molecule has 6 nitrogen and oxygen atoms in total. The largest absolute Gasteiger partial charge is 0.492 e. The molecule has 0 unspecified atom stereocenters. The highest BCUT2D eigenvalue weighted by Gasteiger charge is 2.05. The Morgan fingerprint density at radius 1 is 1.12 bits per heavy atom. The summed E-state index contributed by atoms with van der Waals surface area (Å²) < 4.78 is 25.7. The second-order valence-electron chi connectivity index (χ2n) is 5.47. The van der Waals surface area contributed by atoms with E-state index in [1.807, 2.05) is 16.8 Å². The summed E-state index contributed by atoms with van der Waals surface area (Å²) >= 11 is 0. The lowest BCUT2D eigenvalue weighted by Crippen LogP contribution is -2.20. The van der Waals surface area contributed by atoms with Gasteiger partial charge in [-0.05, 0) is 36.4 Å². The second-order valence-corrected chi connectivity index (χ2v) is 5.47. The number of aromatic nitrogens is 2. The summed E-state index contributed by atoms with van der Waals surface area (Å²) in [6.07, 6.45) is 5.30. The molecule has 3 rings (SSSR count). The maximum atomic E-state index is 12.8. The van der Waals surface area contributed by atoms with Crippen LogP contribution in [0.3, 0.4) is 0 Å². The van der Waals surface area contributed by atoms with Crippen LogP contribution in [0.15, 0.2) is 67.3 Å². The van der Waals surface area contributed by atoms with E-state index in [1.165, 1.54) is 24.3 Å². The number of carbonyl (C=O) groups is 1. The Morgan fingerprint density at radius 3 is 2.73 bits per heavy atom. The number of rotatable bonds is 8. The van der Waals surface area contributed by atoms with Crippen molar-refractivity contribution in [3.05, 3.63) is 73.1 Å². The van der Waals surface area contributed by atoms with Gasteiger partial charge in [0.15, 0.2) is 6.61 Å². The summed E-state index contributed by atoms with van der Waals surface area (Å²) in [5, 5.41) is 2.73. The molecule has 3 aromatic rings. The molecule has 7 heteroatoms. The van der Waals surface area contributed by atoms with Gasteiger partial charge in [0, 0.05) is 24.1 Å². The van der Waals surface area contributed by atoms with E-state index in [1.54, 1.807) is 30.7 Å². The highest BCUT2D eigenvalue weighted by Crippen LogP contribution is 2.17. The van der Waals surface area contributed by atoms with E-state index in [2.05, 4.69) is 10.3 Å². The van der Waals surface area contributed by atoms with E-state index < -0.39 is 0 Å². The Morgan fingerprint density at radius 2 is 1.96 bits per heavy atom. The van der Waals surface area contributed by atoms with Crippen LogP contribution in [0.2, 0.25) is 0 Å². The zero-order valence-electron chi connectivity index (χ0n) is 14.0. The number of amides is 1. The number of hydrogen-bond donors (Lipinski definition) is 1. The van der Waals surface area contributed by atoms with Gasteiger partial charge < -0.3 is 19.4 Å². The Labute approximate surface area is 150 Å². The third-order valence-electron chi connectivity index (χ3n) is 3.48. The molecule has 0 atom stereocenters. The first-order valence-corrected chi connectivity index (χ1v) is 8.06. The van der Waals surface area contributed by atoms with Gasteiger partial charge in [-0.2, -0.15) is 0 Å². The van der Waals surface area contributed by atoms with Crippen molar-refractivity contribution >= 4 is 11.6 Å². The quantitative estimate of drug-likeness (QED) is 0.674. The Bertz CT molecular complexity index is 836. The van der Waals surface area contributed by atoms with E-state index in [0.717, 1.165) is 0 Å². The van der Waals surface area contributed by atoms with Crippen molar-refractivity contribution < 1.29 is 18.7 Å². The maximum absolute atomic E-state index is 12.8. The fraction of sp³-hybridized carbons (Fsp3) is 0.158. The first-order chi connectivity index (χ1) is 12.7. The Hall–Kier alpha value is -3.35. The van der Waals surface area contributed by atoms with Gasteiger partial charge in [-0.1, -0.05) is 6.07 Å². The summed E-state index contributed by atoms with van der Waals surface area (Å²) in [5.74, 6) is 0.414. The molecule has 0 fully saturated rings. The number of carbonyl (C=O) groups excluding carboxylic acids is 1. The van der Waals surface area contributed by atoms with E-state index >= 15 is 0 Å². The van der Waals surface area contributed by atoms with E-state index in [-0.39, 0.29) is 18.3 Å². The highest BCUT2D eigenvalue weighted by atomic mass is 19.1. The predicted molar refractivity (Wildman–Crippen MR) is 94.7 cm³/mol. The molecule has 0 aliphatic heterocycles. The monoisotopic (exact) mass is 355 g/mol. The number of imidazole rings is 1. The number of benzene rings is 2. The average Bonchev–Trinajstić information content (AvgIpc) is 3.15. The Kier molecular flexibility index (Phi) is 5.82. The predicted octanol–water partition coefficient (Wildman–Crippen LogP) is 3.12. The van der Waals surface area contributed by atoms with Crippen LogP contribution in [0.1, 0.15) is 0 Å². The molecule has 1 N–H and O–H groups in total. The van der Waals surface area contributed by atoms with Crippen molar-refractivity contribution in [2.75, 3.05) is 18.5 Å². The van der Waals surface area contributed by atoms with Crippen molar-refractivity contribution in [3.8, 4) is 11.5 Å². The number of nitrogens with zero attached hydrogens (tertiary/aromatic N) is 2. The molecule has 1 aromatic heterocycles. The van der Waals surface area contributed by atoms with Gasteiger partial charge in [-0.25, -0.2) is 9.37 Å². The Balaban J connectivity index is 1.46. The number of hydrogen-bond acceptors (Lipinski definition) is 4. The molecule has 134 valence electrons. The fourth-order valence-electron chi connectivity index (χ4n) is 2.23. The van der Waals surface area contributed by atoms with Crippen molar-refractivity contribution in [1.29, 1.82) is 0 Å². The van der Waals surface area contributed by atoms with Crippen LogP contribution in [0.5, 0.6) is 11.5 Å². The molecule has 2 aromatic carbocycles. The first-order valence-electron chi connectivity index (χ1n) is 8.06.